The topological polar surface area (TPSA) is 41.0 Å². The van der Waals surface area contributed by atoms with Crippen LogP contribution in [0.4, 0.5) is 11.4 Å². The molecule has 1 unspecified atom stereocenters. The minimum absolute atomic E-state index is 0.341. The van der Waals surface area contributed by atoms with Gasteiger partial charge >= 0.3 is 0 Å². The Labute approximate surface area is 193 Å². The van der Waals surface area contributed by atoms with E-state index >= 15 is 0 Å². The van der Waals surface area contributed by atoms with Crippen molar-refractivity contribution in [3.8, 4) is 0 Å². The van der Waals surface area contributed by atoms with Crippen molar-refractivity contribution in [1.82, 2.24) is 9.97 Å². The Morgan fingerprint density at radius 2 is 1.55 bits per heavy atom. The zero-order valence-corrected chi connectivity index (χ0v) is 19.3. The van der Waals surface area contributed by atoms with Crippen LogP contribution in [-0.4, -0.2) is 29.1 Å². The van der Waals surface area contributed by atoms with Gasteiger partial charge in [-0.15, -0.1) is 0 Å². The molecule has 1 atom stereocenters. The van der Waals surface area contributed by atoms with E-state index in [1.54, 1.807) is 0 Å². The summed E-state index contributed by atoms with van der Waals surface area (Å²) >= 11 is 12.3. The van der Waals surface area contributed by atoms with Crippen LogP contribution >= 0.6 is 23.2 Å². The summed E-state index contributed by atoms with van der Waals surface area (Å²) in [6, 6.07) is 16.2. The molecule has 0 aliphatic heterocycles. The molecule has 31 heavy (non-hydrogen) atoms. The maximum Gasteiger partial charge on any atom is 0.0737 e. The molecular formula is C25H26Cl2N4. The third-order valence-corrected chi connectivity index (χ3v) is 6.05. The van der Waals surface area contributed by atoms with Crippen LogP contribution in [0.15, 0.2) is 60.9 Å². The summed E-state index contributed by atoms with van der Waals surface area (Å²) in [6.07, 6.45) is 5.83. The van der Waals surface area contributed by atoms with Gasteiger partial charge < -0.3 is 10.2 Å². The van der Waals surface area contributed by atoms with Crippen molar-refractivity contribution >= 4 is 56.4 Å². The van der Waals surface area contributed by atoms with E-state index in [1.807, 2.05) is 48.8 Å². The molecule has 0 amide bonds. The highest BCUT2D eigenvalue weighted by Crippen LogP contribution is 2.28. The second-order valence-corrected chi connectivity index (χ2v) is 8.65. The van der Waals surface area contributed by atoms with Crippen LogP contribution in [0, 0.1) is 0 Å². The summed E-state index contributed by atoms with van der Waals surface area (Å²) < 4.78 is 0. The lowest BCUT2D eigenvalue weighted by molar-refractivity contribution is 0.640. The van der Waals surface area contributed by atoms with E-state index in [-0.39, 0.29) is 0 Å². The average molecular weight is 453 g/mol. The number of aromatic nitrogens is 2. The SMILES string of the molecule is CCN(CCCC(C)Nc1ccnc2cc(Cl)ccc12)c1ccnc2cc(Cl)ccc12. The van der Waals surface area contributed by atoms with Gasteiger partial charge in [-0.25, -0.2) is 0 Å². The molecule has 2 aromatic carbocycles. The zero-order chi connectivity index (χ0) is 21.8. The fourth-order valence-electron chi connectivity index (χ4n) is 4.00. The van der Waals surface area contributed by atoms with Gasteiger partial charge in [0.15, 0.2) is 0 Å². The molecular weight excluding hydrogens is 427 g/mol. The highest BCUT2D eigenvalue weighted by molar-refractivity contribution is 6.31. The van der Waals surface area contributed by atoms with Crippen molar-refractivity contribution in [3.63, 3.8) is 0 Å². The van der Waals surface area contributed by atoms with Gasteiger partial charge in [-0.1, -0.05) is 23.2 Å². The van der Waals surface area contributed by atoms with Crippen LogP contribution in [0.1, 0.15) is 26.7 Å². The maximum atomic E-state index is 6.14. The van der Waals surface area contributed by atoms with Crippen LogP contribution in [-0.2, 0) is 0 Å². The first-order chi connectivity index (χ1) is 15.0. The largest absolute Gasteiger partial charge is 0.382 e. The Morgan fingerprint density at radius 1 is 0.903 bits per heavy atom. The van der Waals surface area contributed by atoms with Crippen LogP contribution in [0.5, 0.6) is 0 Å². The van der Waals surface area contributed by atoms with E-state index in [0.717, 1.165) is 53.4 Å². The first kappa shape index (κ1) is 21.7. The van der Waals surface area contributed by atoms with E-state index in [1.165, 1.54) is 5.69 Å². The molecule has 0 aliphatic rings. The Morgan fingerprint density at radius 3 is 2.26 bits per heavy atom. The number of anilines is 2. The predicted molar refractivity (Wildman–Crippen MR) is 134 cm³/mol. The van der Waals surface area contributed by atoms with Crippen molar-refractivity contribution < 1.29 is 0 Å². The fraction of sp³-hybridized carbons (Fsp3) is 0.280. The van der Waals surface area contributed by atoms with Crippen molar-refractivity contribution in [1.29, 1.82) is 0 Å². The smallest absolute Gasteiger partial charge is 0.0737 e. The van der Waals surface area contributed by atoms with Crippen molar-refractivity contribution in [2.75, 3.05) is 23.3 Å². The molecule has 0 saturated carbocycles. The van der Waals surface area contributed by atoms with Gasteiger partial charge in [0.2, 0.25) is 0 Å². The van der Waals surface area contributed by atoms with E-state index < -0.39 is 0 Å². The number of rotatable bonds is 8. The second kappa shape index (κ2) is 9.71. The Hall–Kier alpha value is -2.56. The van der Waals surface area contributed by atoms with Gasteiger partial charge in [0, 0.05) is 63.7 Å². The monoisotopic (exact) mass is 452 g/mol. The second-order valence-electron chi connectivity index (χ2n) is 7.78. The minimum atomic E-state index is 0.341. The lowest BCUT2D eigenvalue weighted by atomic mass is 10.1. The molecule has 0 saturated heterocycles. The molecule has 4 aromatic rings. The van der Waals surface area contributed by atoms with Gasteiger partial charge in [0.25, 0.3) is 0 Å². The Kier molecular flexibility index (Phi) is 6.79. The summed E-state index contributed by atoms with van der Waals surface area (Å²) in [5, 5.41) is 7.30. The van der Waals surface area contributed by atoms with Gasteiger partial charge in [0.1, 0.15) is 0 Å². The van der Waals surface area contributed by atoms with E-state index in [4.69, 9.17) is 23.2 Å². The maximum absolute atomic E-state index is 6.14. The number of pyridine rings is 2. The molecule has 1 N–H and O–H groups in total. The fourth-order valence-corrected chi connectivity index (χ4v) is 4.34. The van der Waals surface area contributed by atoms with Crippen molar-refractivity contribution in [2.45, 2.75) is 32.7 Å². The zero-order valence-electron chi connectivity index (χ0n) is 17.8. The first-order valence-corrected chi connectivity index (χ1v) is 11.4. The molecule has 0 fully saturated rings. The molecule has 4 nitrogen and oxygen atoms in total. The number of fused-ring (bicyclic) bond motifs is 2. The third kappa shape index (κ3) is 5.03. The number of nitrogens with zero attached hydrogens (tertiary/aromatic N) is 3. The Bertz CT molecular complexity index is 1190. The molecule has 2 aromatic heterocycles. The quantitative estimate of drug-likeness (QED) is 0.306. The van der Waals surface area contributed by atoms with Gasteiger partial charge in [-0.05, 0) is 75.2 Å². The molecule has 0 radical (unpaired) electrons. The highest BCUT2D eigenvalue weighted by atomic mass is 35.5. The molecule has 0 spiro atoms. The predicted octanol–water partition coefficient (Wildman–Crippen LogP) is 7.20. The van der Waals surface area contributed by atoms with E-state index in [2.05, 4.69) is 46.2 Å². The van der Waals surface area contributed by atoms with Crippen LogP contribution in [0.3, 0.4) is 0 Å². The first-order valence-electron chi connectivity index (χ1n) is 10.6. The minimum Gasteiger partial charge on any atom is -0.382 e. The van der Waals surface area contributed by atoms with E-state index in [0.29, 0.717) is 16.1 Å². The number of nitrogens with one attached hydrogen (secondary N) is 1. The van der Waals surface area contributed by atoms with Gasteiger partial charge in [-0.2, -0.15) is 0 Å². The van der Waals surface area contributed by atoms with E-state index in [9.17, 15) is 0 Å². The molecule has 0 bridgehead atoms. The molecule has 2 heterocycles. The number of benzene rings is 2. The van der Waals surface area contributed by atoms with Crippen molar-refractivity contribution in [2.24, 2.45) is 0 Å². The molecule has 6 heteroatoms. The van der Waals surface area contributed by atoms with Crippen LogP contribution in [0.2, 0.25) is 10.0 Å². The lowest BCUT2D eigenvalue weighted by Gasteiger charge is -2.25. The summed E-state index contributed by atoms with van der Waals surface area (Å²) in [7, 11) is 0. The van der Waals surface area contributed by atoms with Gasteiger partial charge in [0.05, 0.1) is 11.0 Å². The van der Waals surface area contributed by atoms with Crippen LogP contribution in [0.25, 0.3) is 21.8 Å². The summed E-state index contributed by atoms with van der Waals surface area (Å²) in [5.41, 5.74) is 4.15. The van der Waals surface area contributed by atoms with Crippen molar-refractivity contribution in [3.05, 3.63) is 71.0 Å². The average Bonchev–Trinajstić information content (AvgIpc) is 2.76. The molecule has 160 valence electrons. The molecule has 0 aliphatic carbocycles. The third-order valence-electron chi connectivity index (χ3n) is 5.58. The number of hydrogen-bond donors (Lipinski definition) is 1. The van der Waals surface area contributed by atoms with Gasteiger partial charge in [-0.3, -0.25) is 9.97 Å². The summed E-state index contributed by atoms with van der Waals surface area (Å²) in [6.45, 7) is 6.34. The Balaban J connectivity index is 1.41. The number of hydrogen-bond acceptors (Lipinski definition) is 4. The summed E-state index contributed by atoms with van der Waals surface area (Å²) in [5.74, 6) is 0. The lowest BCUT2D eigenvalue weighted by Crippen LogP contribution is -2.26. The molecule has 4 rings (SSSR count). The van der Waals surface area contributed by atoms with Crippen LogP contribution < -0.4 is 10.2 Å². The highest BCUT2D eigenvalue weighted by Gasteiger charge is 2.11. The normalized spacial score (nSPS) is 12.3. The number of halogens is 2. The summed E-state index contributed by atoms with van der Waals surface area (Å²) in [4.78, 5) is 11.3. The standard InChI is InChI=1S/C25H26Cl2N4/c1-3-31(25-11-13-29-24-16-19(27)7-9-21(24)25)14-4-5-17(2)30-22-10-12-28-23-15-18(26)6-8-20(22)23/h6-13,15-17H,3-5,14H2,1-2H3,(H,28,30).